The van der Waals surface area contributed by atoms with Crippen molar-refractivity contribution in [3.8, 4) is 55.0 Å². The number of rotatable bonds is 12. The molecule has 0 aliphatic carbocycles. The molecule has 0 unspecified atom stereocenters. The van der Waals surface area contributed by atoms with E-state index in [0.717, 1.165) is 117 Å². The van der Waals surface area contributed by atoms with Gasteiger partial charge in [0, 0.05) is 108 Å². The summed E-state index contributed by atoms with van der Waals surface area (Å²) in [6, 6.07) is 23.1. The van der Waals surface area contributed by atoms with Gasteiger partial charge in [0.2, 0.25) is 0 Å². The molecule has 0 saturated heterocycles. The number of aromatic amines is 4. The van der Waals surface area contributed by atoms with Crippen LogP contribution < -0.4 is 5.32 Å². The predicted molar refractivity (Wildman–Crippen MR) is 297 cm³/mol. The molecule has 0 fully saturated rings. The average molecular weight is 973 g/mol. The molecule has 0 saturated carbocycles. The summed E-state index contributed by atoms with van der Waals surface area (Å²) in [5.41, 5.74) is 16.3. The van der Waals surface area contributed by atoms with Crippen LogP contribution in [0.5, 0.6) is 0 Å². The highest BCUT2D eigenvalue weighted by molar-refractivity contribution is 7.15. The van der Waals surface area contributed by atoms with Crippen LogP contribution in [0.1, 0.15) is 61.9 Å². The minimum atomic E-state index is 0.527. The molecule has 0 spiro atoms. The Hall–Kier alpha value is -8.07. The van der Waals surface area contributed by atoms with Crippen molar-refractivity contribution in [3.63, 3.8) is 0 Å². The summed E-state index contributed by atoms with van der Waals surface area (Å²) in [7, 11) is 0. The molecular formula is C57H56N12S2. The van der Waals surface area contributed by atoms with Gasteiger partial charge in [0.05, 0.1) is 43.9 Å². The van der Waals surface area contributed by atoms with Crippen molar-refractivity contribution in [2.45, 2.75) is 61.8 Å². The molecule has 0 amide bonds. The van der Waals surface area contributed by atoms with Gasteiger partial charge in [0.25, 0.3) is 0 Å². The lowest BCUT2D eigenvalue weighted by Gasteiger charge is -2.13. The third kappa shape index (κ3) is 10.0. The van der Waals surface area contributed by atoms with E-state index in [-0.39, 0.29) is 0 Å². The van der Waals surface area contributed by atoms with E-state index in [0.29, 0.717) is 17.2 Å². The number of fused-ring (bicyclic) bond motifs is 4. The first-order valence-corrected chi connectivity index (χ1v) is 25.3. The average Bonchev–Trinajstić information content (AvgIpc) is 4.25. The van der Waals surface area contributed by atoms with Gasteiger partial charge in [0.15, 0.2) is 11.3 Å². The Morgan fingerprint density at radius 1 is 0.690 bits per heavy atom. The second-order valence-electron chi connectivity index (χ2n) is 17.4. The zero-order valence-corrected chi connectivity index (χ0v) is 42.8. The van der Waals surface area contributed by atoms with Gasteiger partial charge in [-0.25, -0.2) is 9.97 Å². The number of allylic oxidation sites excluding steroid dienone is 5. The normalized spacial score (nSPS) is 11.8. The minimum absolute atomic E-state index is 0.527. The Labute approximate surface area is 420 Å². The molecule has 0 radical (unpaired) electrons. The first-order chi connectivity index (χ1) is 34.5. The third-order valence-electron chi connectivity index (χ3n) is 11.9. The maximum Gasteiger partial charge on any atom is 0.181 e. The fourth-order valence-corrected chi connectivity index (χ4v) is 10.3. The van der Waals surface area contributed by atoms with Crippen LogP contribution >= 0.6 is 22.7 Å². The smallest absolute Gasteiger partial charge is 0.181 e. The van der Waals surface area contributed by atoms with Gasteiger partial charge in [-0.1, -0.05) is 46.9 Å². The van der Waals surface area contributed by atoms with Crippen molar-refractivity contribution in [2.24, 2.45) is 5.92 Å². The standard InChI is InChI=1S/C31H32N6S.C24H18N6S.C2H6/c1-7-21(14-23(8-2)34-19(5)13-18(3)4)22-15-25-29(36-37-31(25)33-17-22)27-16-24-26(35-27)11-12-32-30(24)28-10-9-20(6)38-28;1-13-5-7-25-12-18(13)15-9-17-22(29-30-24(17)27-11-15)20-10-16-19(28-20)6-8-26-23(16)21-4-3-14(2)31-21;1-2/h7-12,14-18,34-35H,2,5,13H2,1,3-4,6H3,(H,33,36,37);3-12,28H,1-2H3,(H,27,29,30);1-2H3/b21-7+,23-14+;;. The summed E-state index contributed by atoms with van der Waals surface area (Å²) in [6.45, 7) is 24.8. The maximum atomic E-state index is 4.69. The van der Waals surface area contributed by atoms with Crippen LogP contribution in [0, 0.1) is 26.7 Å². The fraction of sp³-hybridized carbons (Fsp3) is 0.175. The molecular weight excluding hydrogens is 917 g/mol. The summed E-state index contributed by atoms with van der Waals surface area (Å²) < 4.78 is 0. The molecule has 0 bridgehead atoms. The second kappa shape index (κ2) is 20.9. The number of pyridine rings is 5. The third-order valence-corrected chi connectivity index (χ3v) is 13.9. The SMILES string of the molecule is C=C/C(=C\C(=C/C)c1cnc2n[nH]c(-c3cc4c(-c5ccc(C)s5)nccc4[nH]3)c2c1)NC(=C)CC(C)C.CC.Cc1ccc(-c2nccc3[nH]c(-c4[nH]nc5ncc(-c6cnccc6C)cc45)cc23)s1. The molecule has 11 aromatic rings. The van der Waals surface area contributed by atoms with Crippen LogP contribution in [-0.4, -0.2) is 55.3 Å². The Morgan fingerprint density at radius 3 is 1.79 bits per heavy atom. The quantitative estimate of drug-likeness (QED) is 0.0755. The molecule has 11 rings (SSSR count). The van der Waals surface area contributed by atoms with Gasteiger partial charge in [-0.15, -0.1) is 22.7 Å². The van der Waals surface area contributed by atoms with E-state index >= 15 is 0 Å². The van der Waals surface area contributed by atoms with E-state index < -0.39 is 0 Å². The zero-order chi connectivity index (χ0) is 49.8. The highest BCUT2D eigenvalue weighted by atomic mass is 32.1. The first kappa shape index (κ1) is 48.0. The molecule has 5 N–H and O–H groups in total. The molecule has 12 nitrogen and oxygen atoms in total. The van der Waals surface area contributed by atoms with Crippen LogP contribution in [-0.2, 0) is 0 Å². The van der Waals surface area contributed by atoms with Crippen LogP contribution in [0.25, 0.3) is 104 Å². The van der Waals surface area contributed by atoms with E-state index in [1.54, 1.807) is 28.9 Å². The summed E-state index contributed by atoms with van der Waals surface area (Å²) in [5, 5.41) is 22.7. The van der Waals surface area contributed by atoms with E-state index in [4.69, 9.17) is 0 Å². The van der Waals surface area contributed by atoms with Crippen molar-refractivity contribution >= 4 is 72.1 Å². The van der Waals surface area contributed by atoms with Crippen LogP contribution in [0.2, 0.25) is 0 Å². The Balaban J connectivity index is 0.000000173. The highest BCUT2D eigenvalue weighted by Gasteiger charge is 2.18. The van der Waals surface area contributed by atoms with Gasteiger partial charge in [0.1, 0.15) is 0 Å². The van der Waals surface area contributed by atoms with Crippen molar-refractivity contribution in [3.05, 3.63) is 168 Å². The Bertz CT molecular complexity index is 3770. The van der Waals surface area contributed by atoms with Gasteiger partial charge < -0.3 is 15.3 Å². The first-order valence-electron chi connectivity index (χ1n) is 23.7. The Kier molecular flexibility index (Phi) is 14.1. The summed E-state index contributed by atoms with van der Waals surface area (Å²) in [5.74, 6) is 0.527. The molecule has 0 atom stereocenters. The van der Waals surface area contributed by atoms with Crippen molar-refractivity contribution in [1.29, 1.82) is 0 Å². The summed E-state index contributed by atoms with van der Waals surface area (Å²) in [6.07, 6.45) is 17.9. The van der Waals surface area contributed by atoms with Crippen LogP contribution in [0.3, 0.4) is 0 Å². The van der Waals surface area contributed by atoms with Crippen LogP contribution in [0.4, 0.5) is 0 Å². The molecule has 0 aromatic carbocycles. The van der Waals surface area contributed by atoms with Gasteiger partial charge in [-0.3, -0.25) is 25.1 Å². The monoisotopic (exact) mass is 972 g/mol. The molecule has 14 heteroatoms. The lowest BCUT2D eigenvalue weighted by atomic mass is 10.0. The zero-order valence-electron chi connectivity index (χ0n) is 41.2. The largest absolute Gasteiger partial charge is 0.359 e. The van der Waals surface area contributed by atoms with E-state index in [9.17, 15) is 0 Å². The number of aryl methyl sites for hydroxylation is 3. The van der Waals surface area contributed by atoms with Crippen molar-refractivity contribution < 1.29 is 0 Å². The minimum Gasteiger partial charge on any atom is -0.359 e. The molecule has 0 aliphatic rings. The van der Waals surface area contributed by atoms with Gasteiger partial charge >= 0.3 is 0 Å². The summed E-state index contributed by atoms with van der Waals surface area (Å²) >= 11 is 3.50. The molecule has 356 valence electrons. The molecule has 11 aromatic heterocycles. The van der Waals surface area contributed by atoms with Crippen LogP contribution in [0.15, 0.2) is 147 Å². The lowest BCUT2D eigenvalue weighted by Crippen LogP contribution is -2.12. The predicted octanol–water partition coefficient (Wildman–Crippen LogP) is 15.1. The van der Waals surface area contributed by atoms with Gasteiger partial charge in [-0.05, 0) is 130 Å². The Morgan fingerprint density at radius 2 is 1.27 bits per heavy atom. The van der Waals surface area contributed by atoms with E-state index in [1.165, 1.54) is 14.6 Å². The fourth-order valence-electron chi connectivity index (χ4n) is 8.57. The maximum absolute atomic E-state index is 4.69. The highest BCUT2D eigenvalue weighted by Crippen LogP contribution is 2.38. The number of nitrogens with zero attached hydrogens (tertiary/aromatic N) is 7. The number of thiophene rings is 2. The molecule has 71 heavy (non-hydrogen) atoms. The topological polar surface area (TPSA) is 165 Å². The molecule has 11 heterocycles. The number of nitrogens with one attached hydrogen (secondary N) is 5. The second-order valence-corrected chi connectivity index (χ2v) is 20.0. The van der Waals surface area contributed by atoms with E-state index in [1.807, 2.05) is 76.0 Å². The number of hydrogen-bond acceptors (Lipinski definition) is 10. The number of H-pyrrole nitrogens is 4. The number of aromatic nitrogens is 11. The van der Waals surface area contributed by atoms with Gasteiger partial charge in [-0.2, -0.15) is 10.2 Å². The van der Waals surface area contributed by atoms with E-state index in [2.05, 4.69) is 169 Å². The van der Waals surface area contributed by atoms with Crippen molar-refractivity contribution in [2.75, 3.05) is 0 Å². The van der Waals surface area contributed by atoms with Crippen molar-refractivity contribution in [1.82, 2.24) is 60.6 Å². The lowest BCUT2D eigenvalue weighted by molar-refractivity contribution is 0.622. The molecule has 0 aliphatic heterocycles. The summed E-state index contributed by atoms with van der Waals surface area (Å²) in [4.78, 5) is 34.8. The number of hydrogen-bond donors (Lipinski definition) is 5.